The van der Waals surface area contributed by atoms with Gasteiger partial charge in [0, 0.05) is 11.8 Å². The number of fused-ring (bicyclic) bond motifs is 6. The summed E-state index contributed by atoms with van der Waals surface area (Å²) in [4.78, 5) is 0. The molecule has 0 saturated carbocycles. The molecule has 0 fully saturated rings. The highest BCUT2D eigenvalue weighted by molar-refractivity contribution is 6.07. The van der Waals surface area contributed by atoms with Crippen LogP contribution in [-0.4, -0.2) is 0 Å². The first-order chi connectivity index (χ1) is 27.5. The van der Waals surface area contributed by atoms with Gasteiger partial charge in [-0.2, -0.15) is 0 Å². The molecule has 56 heavy (non-hydrogen) atoms. The Morgan fingerprint density at radius 1 is 0.393 bits per heavy atom. The Hall–Kier alpha value is -5.72. The Labute approximate surface area is 332 Å². The third-order valence-corrected chi connectivity index (χ3v) is 13.6. The molecule has 0 heteroatoms. The van der Waals surface area contributed by atoms with Gasteiger partial charge in [0.2, 0.25) is 0 Å². The van der Waals surface area contributed by atoms with Crippen LogP contribution in [0.3, 0.4) is 0 Å². The van der Waals surface area contributed by atoms with Gasteiger partial charge in [-0.05, 0) is 149 Å². The van der Waals surface area contributed by atoms with E-state index in [4.69, 9.17) is 0 Å². The van der Waals surface area contributed by atoms with Gasteiger partial charge in [-0.3, -0.25) is 0 Å². The first-order valence-electron chi connectivity index (χ1n) is 21.0. The molecule has 8 aromatic rings. The van der Waals surface area contributed by atoms with E-state index in [1.54, 1.807) is 11.1 Å². The smallest absolute Gasteiger partial charge is 0.00606 e. The molecule has 0 aromatic heterocycles. The molecule has 2 aliphatic carbocycles. The number of hydrogen-bond donors (Lipinski definition) is 0. The van der Waals surface area contributed by atoms with Crippen molar-refractivity contribution in [3.63, 3.8) is 0 Å². The van der Waals surface area contributed by atoms with E-state index in [1.807, 2.05) is 0 Å². The summed E-state index contributed by atoms with van der Waals surface area (Å²) in [5.41, 5.74) is 14.5. The third kappa shape index (κ3) is 5.73. The number of allylic oxidation sites excluding steroid dienone is 2. The van der Waals surface area contributed by atoms with Crippen LogP contribution in [-0.2, 0) is 0 Å². The average molecular weight is 723 g/mol. The van der Waals surface area contributed by atoms with Crippen molar-refractivity contribution in [2.75, 3.05) is 0 Å². The third-order valence-electron chi connectivity index (χ3n) is 13.6. The van der Waals surface area contributed by atoms with Crippen LogP contribution in [0.1, 0.15) is 87.5 Å². The lowest BCUT2D eigenvalue weighted by Crippen LogP contribution is -2.11. The molecule has 0 saturated heterocycles. The number of hydrogen-bond acceptors (Lipinski definition) is 0. The summed E-state index contributed by atoms with van der Waals surface area (Å²) in [6.45, 7) is 9.61. The van der Waals surface area contributed by atoms with Crippen LogP contribution < -0.4 is 0 Å². The Morgan fingerprint density at radius 2 is 0.750 bits per heavy atom. The summed E-state index contributed by atoms with van der Waals surface area (Å²) < 4.78 is 0. The summed E-state index contributed by atoms with van der Waals surface area (Å²) in [6, 6.07) is 55.0. The summed E-state index contributed by atoms with van der Waals surface area (Å²) in [6.07, 6.45) is 9.80. The number of benzene rings is 8. The van der Waals surface area contributed by atoms with E-state index in [1.165, 1.54) is 87.6 Å². The molecule has 0 bridgehead atoms. The first kappa shape index (κ1) is 34.7. The van der Waals surface area contributed by atoms with Crippen molar-refractivity contribution in [2.24, 2.45) is 11.8 Å². The van der Waals surface area contributed by atoms with Gasteiger partial charge in [-0.15, -0.1) is 0 Å². The fraction of sp³-hybridized carbons (Fsp3) is 0.214. The average Bonchev–Trinajstić information content (AvgIpc) is 3.81. The zero-order chi connectivity index (χ0) is 37.9. The van der Waals surface area contributed by atoms with Crippen LogP contribution in [0, 0.1) is 11.8 Å². The van der Waals surface area contributed by atoms with Gasteiger partial charge in [0.25, 0.3) is 0 Å². The van der Waals surface area contributed by atoms with E-state index in [9.17, 15) is 0 Å². The molecule has 0 amide bonds. The maximum Gasteiger partial charge on any atom is 0.00606 e. The summed E-state index contributed by atoms with van der Waals surface area (Å²) in [7, 11) is 0. The van der Waals surface area contributed by atoms with Gasteiger partial charge >= 0.3 is 0 Å². The van der Waals surface area contributed by atoms with Crippen LogP contribution in [0.2, 0.25) is 0 Å². The fourth-order valence-corrected chi connectivity index (χ4v) is 10.3. The second kappa shape index (κ2) is 14.1. The zero-order valence-electron chi connectivity index (χ0n) is 33.1. The highest BCUT2D eigenvalue weighted by atomic mass is 14.4. The Balaban J connectivity index is 1.04. The van der Waals surface area contributed by atoms with Gasteiger partial charge in [-0.1, -0.05) is 172 Å². The van der Waals surface area contributed by atoms with E-state index in [2.05, 4.69) is 185 Å². The quantitative estimate of drug-likeness (QED) is 0.130. The molecule has 0 radical (unpaired) electrons. The van der Waals surface area contributed by atoms with Crippen molar-refractivity contribution in [1.82, 2.24) is 0 Å². The van der Waals surface area contributed by atoms with Crippen molar-refractivity contribution < 1.29 is 0 Å². The molecular weight excluding hydrogens is 673 g/mol. The maximum absolute atomic E-state index is 2.60. The monoisotopic (exact) mass is 722 g/mol. The zero-order valence-corrected chi connectivity index (χ0v) is 33.1. The summed E-state index contributed by atoms with van der Waals surface area (Å²) in [5, 5.41) is 10.5. The van der Waals surface area contributed by atoms with E-state index in [0.29, 0.717) is 23.7 Å². The lowest BCUT2D eigenvalue weighted by atomic mass is 9.78. The molecule has 8 aromatic carbocycles. The van der Waals surface area contributed by atoms with Gasteiger partial charge in [0.05, 0.1) is 0 Å². The van der Waals surface area contributed by atoms with Gasteiger partial charge in [0.1, 0.15) is 0 Å². The van der Waals surface area contributed by atoms with Crippen molar-refractivity contribution in [3.05, 3.63) is 179 Å². The van der Waals surface area contributed by atoms with Crippen molar-refractivity contribution >= 4 is 55.2 Å². The predicted molar refractivity (Wildman–Crippen MR) is 243 cm³/mol. The molecule has 0 heterocycles. The van der Waals surface area contributed by atoms with Crippen LogP contribution in [0.5, 0.6) is 0 Å². The van der Waals surface area contributed by atoms with E-state index in [-0.39, 0.29) is 0 Å². The van der Waals surface area contributed by atoms with Crippen LogP contribution in [0.15, 0.2) is 157 Å². The van der Waals surface area contributed by atoms with Crippen molar-refractivity contribution in [3.8, 4) is 22.3 Å². The topological polar surface area (TPSA) is 0 Å². The molecule has 0 nitrogen and oxygen atoms in total. The Bertz CT molecular complexity index is 2680. The maximum atomic E-state index is 2.60. The summed E-state index contributed by atoms with van der Waals surface area (Å²) in [5.74, 6) is 1.91. The first-order valence-corrected chi connectivity index (χ1v) is 21.0. The van der Waals surface area contributed by atoms with Gasteiger partial charge in [0.15, 0.2) is 0 Å². The van der Waals surface area contributed by atoms with E-state index >= 15 is 0 Å². The Kier molecular flexibility index (Phi) is 8.74. The van der Waals surface area contributed by atoms with Gasteiger partial charge < -0.3 is 0 Å². The van der Waals surface area contributed by atoms with Gasteiger partial charge in [-0.25, -0.2) is 0 Å². The van der Waals surface area contributed by atoms with Crippen LogP contribution in [0.25, 0.3) is 77.5 Å². The minimum absolute atomic E-state index is 0.424. The van der Waals surface area contributed by atoms with E-state index in [0.717, 1.165) is 25.7 Å². The minimum Gasteiger partial charge on any atom is -0.0648 e. The number of rotatable bonds is 9. The highest BCUT2D eigenvalue weighted by Crippen LogP contribution is 2.52. The molecule has 0 N–H and O–H groups in total. The minimum atomic E-state index is 0.424. The molecule has 274 valence electrons. The van der Waals surface area contributed by atoms with Crippen LogP contribution in [0.4, 0.5) is 0 Å². The molecule has 0 spiro atoms. The summed E-state index contributed by atoms with van der Waals surface area (Å²) >= 11 is 0. The lowest BCUT2D eigenvalue weighted by Gasteiger charge is -2.26. The van der Waals surface area contributed by atoms with Crippen molar-refractivity contribution in [2.45, 2.75) is 65.2 Å². The van der Waals surface area contributed by atoms with E-state index < -0.39 is 0 Å². The molecule has 2 aliphatic rings. The van der Waals surface area contributed by atoms with Crippen LogP contribution >= 0.6 is 0 Å². The Morgan fingerprint density at radius 3 is 1.16 bits per heavy atom. The molecule has 10 rings (SSSR count). The second-order valence-corrected chi connectivity index (χ2v) is 16.7. The lowest BCUT2D eigenvalue weighted by molar-refractivity contribution is 0.520. The molecule has 4 atom stereocenters. The molecule has 0 aliphatic heterocycles. The molecular formula is C56H50. The largest absolute Gasteiger partial charge is 0.0648 e. The standard InChI is InChI=1S/C56H50/c1-5-35(3)51-33-55-45(43-21-11-19-41-29-37-15-7-9-17-39(37)31-53(41)43)23-13-25-47(55)49(51)27-28-50-48-26-14-24-46(56(48)34-52(50)36(4)6-2)44-22-12-20-42-30-38-16-8-10-18-40(38)32-54(42)44/h7-26,29-36,49-50H,5-6,27-28H2,1-4H3. The van der Waals surface area contributed by atoms with Crippen molar-refractivity contribution in [1.29, 1.82) is 0 Å². The highest BCUT2D eigenvalue weighted by Gasteiger charge is 2.34. The fourth-order valence-electron chi connectivity index (χ4n) is 10.3. The SMILES string of the molecule is CCC(C)C1=Cc2c(-c3cccc4cc5ccccc5cc34)cccc2C1CCC1C(C(C)CC)=Cc2c(-c3cccc4cc5ccccc5cc34)cccc21. The second-order valence-electron chi connectivity index (χ2n) is 16.7. The molecule has 4 unspecified atom stereocenters. The predicted octanol–water partition coefficient (Wildman–Crippen LogP) is 16.2. The normalized spacial score (nSPS) is 17.3.